The molecule has 1 saturated heterocycles. The predicted molar refractivity (Wildman–Crippen MR) is 116 cm³/mol. The van der Waals surface area contributed by atoms with E-state index in [4.69, 9.17) is 4.74 Å². The average molecular weight is 398 g/mol. The van der Waals surface area contributed by atoms with Crippen molar-refractivity contribution in [1.82, 2.24) is 25.5 Å². The van der Waals surface area contributed by atoms with Gasteiger partial charge in [-0.2, -0.15) is 0 Å². The second-order valence-corrected chi connectivity index (χ2v) is 8.75. The first-order chi connectivity index (χ1) is 14.1. The summed E-state index contributed by atoms with van der Waals surface area (Å²) in [5.41, 5.74) is 3.38. The third kappa shape index (κ3) is 4.81. The summed E-state index contributed by atoms with van der Waals surface area (Å²) in [4.78, 5) is 11.7. The molecule has 1 aromatic rings. The number of likely N-dealkylation sites (tertiary alicyclic amines) is 1. The standard InChI is InChI=1S/C23H35N5O/c1-16-13-19(22-24-11-9-17(2)26-22)23(25-14-16)28-12-10-20(21(15-28)29-3)27-18-7-5-4-6-8-18/h9,11,13,18,20-21,25,27H,4-8,10,12,14-15H2,1-3H3. The molecule has 6 heteroatoms. The van der Waals surface area contributed by atoms with Crippen molar-refractivity contribution < 1.29 is 4.74 Å². The van der Waals surface area contributed by atoms with E-state index in [0.717, 1.165) is 49.0 Å². The second-order valence-electron chi connectivity index (χ2n) is 8.75. The molecule has 0 radical (unpaired) electrons. The first-order valence-corrected chi connectivity index (χ1v) is 11.1. The Balaban J connectivity index is 1.53. The van der Waals surface area contributed by atoms with Crippen LogP contribution in [-0.4, -0.2) is 59.8 Å². The SMILES string of the molecule is COC1CN(C2=C(c3nccc(C)n3)C=C(C)CN2)CCC1NC1CCCCC1. The molecule has 2 fully saturated rings. The quantitative estimate of drug-likeness (QED) is 0.796. The van der Waals surface area contributed by atoms with Crippen LogP contribution in [0.3, 0.4) is 0 Å². The van der Waals surface area contributed by atoms with Gasteiger partial charge in [-0.3, -0.25) is 0 Å². The second kappa shape index (κ2) is 9.26. The third-order valence-corrected chi connectivity index (χ3v) is 6.45. The Morgan fingerprint density at radius 2 is 2.00 bits per heavy atom. The smallest absolute Gasteiger partial charge is 0.163 e. The fraction of sp³-hybridized carbons (Fsp3) is 0.652. The van der Waals surface area contributed by atoms with Gasteiger partial charge < -0.3 is 20.3 Å². The van der Waals surface area contributed by atoms with E-state index >= 15 is 0 Å². The summed E-state index contributed by atoms with van der Waals surface area (Å²) in [7, 11) is 1.85. The van der Waals surface area contributed by atoms with Gasteiger partial charge in [-0.25, -0.2) is 9.97 Å². The van der Waals surface area contributed by atoms with Crippen LogP contribution >= 0.6 is 0 Å². The van der Waals surface area contributed by atoms with Gasteiger partial charge in [-0.05, 0) is 45.3 Å². The van der Waals surface area contributed by atoms with E-state index in [1.165, 1.54) is 37.7 Å². The van der Waals surface area contributed by atoms with Gasteiger partial charge in [-0.1, -0.05) is 24.8 Å². The lowest BCUT2D eigenvalue weighted by atomic mass is 9.92. The molecule has 1 saturated carbocycles. The van der Waals surface area contributed by atoms with Crippen molar-refractivity contribution in [2.24, 2.45) is 0 Å². The Morgan fingerprint density at radius 1 is 1.17 bits per heavy atom. The first-order valence-electron chi connectivity index (χ1n) is 11.1. The molecule has 0 aromatic carbocycles. The number of rotatable bonds is 5. The molecule has 3 heterocycles. The molecule has 158 valence electrons. The van der Waals surface area contributed by atoms with Crippen molar-refractivity contribution in [3.05, 3.63) is 41.3 Å². The molecule has 1 aliphatic carbocycles. The first kappa shape index (κ1) is 20.4. The number of nitrogens with one attached hydrogen (secondary N) is 2. The van der Waals surface area contributed by atoms with Gasteiger partial charge in [0.25, 0.3) is 0 Å². The Morgan fingerprint density at radius 3 is 2.76 bits per heavy atom. The highest BCUT2D eigenvalue weighted by molar-refractivity contribution is 5.74. The zero-order chi connectivity index (χ0) is 20.2. The van der Waals surface area contributed by atoms with Gasteiger partial charge in [0.2, 0.25) is 0 Å². The minimum absolute atomic E-state index is 0.187. The zero-order valence-electron chi connectivity index (χ0n) is 18.1. The number of methoxy groups -OCH3 is 1. The number of aryl methyl sites for hydroxylation is 1. The molecule has 2 aliphatic heterocycles. The number of dihydropyridines is 1. The van der Waals surface area contributed by atoms with E-state index in [0.29, 0.717) is 12.1 Å². The maximum absolute atomic E-state index is 5.95. The van der Waals surface area contributed by atoms with Crippen LogP contribution in [0.4, 0.5) is 0 Å². The van der Waals surface area contributed by atoms with Gasteiger partial charge in [0, 0.05) is 50.7 Å². The fourth-order valence-electron chi connectivity index (χ4n) is 4.84. The normalized spacial score (nSPS) is 26.3. The number of hydrogen-bond donors (Lipinski definition) is 2. The predicted octanol–water partition coefficient (Wildman–Crippen LogP) is 3.01. The minimum Gasteiger partial charge on any atom is -0.378 e. The van der Waals surface area contributed by atoms with Crippen LogP contribution in [0.1, 0.15) is 57.0 Å². The molecule has 6 nitrogen and oxygen atoms in total. The van der Waals surface area contributed by atoms with Gasteiger partial charge in [0.05, 0.1) is 11.7 Å². The van der Waals surface area contributed by atoms with Crippen LogP contribution in [0.25, 0.3) is 5.57 Å². The Labute approximate surface area is 174 Å². The molecule has 1 aromatic heterocycles. The summed E-state index contributed by atoms with van der Waals surface area (Å²) in [6, 6.07) is 3.03. The highest BCUT2D eigenvalue weighted by Crippen LogP contribution is 2.27. The van der Waals surface area contributed by atoms with Crippen molar-refractivity contribution in [1.29, 1.82) is 0 Å². The topological polar surface area (TPSA) is 62.3 Å². The molecule has 0 bridgehead atoms. The highest BCUT2D eigenvalue weighted by atomic mass is 16.5. The van der Waals surface area contributed by atoms with Crippen molar-refractivity contribution in [3.63, 3.8) is 0 Å². The van der Waals surface area contributed by atoms with Crippen molar-refractivity contribution in [2.45, 2.75) is 70.6 Å². The molecular formula is C23H35N5O. The molecule has 2 atom stereocenters. The lowest BCUT2D eigenvalue weighted by Crippen LogP contribution is -2.56. The van der Waals surface area contributed by atoms with Gasteiger partial charge in [0.15, 0.2) is 5.82 Å². The van der Waals surface area contributed by atoms with Crippen LogP contribution in [0.15, 0.2) is 29.7 Å². The maximum Gasteiger partial charge on any atom is 0.163 e. The third-order valence-electron chi connectivity index (χ3n) is 6.45. The van der Waals surface area contributed by atoms with Gasteiger partial charge in [0.1, 0.15) is 5.82 Å². The summed E-state index contributed by atoms with van der Waals surface area (Å²) in [5, 5.41) is 7.54. The summed E-state index contributed by atoms with van der Waals surface area (Å²) in [6.07, 6.45) is 12.1. The Bertz CT molecular complexity index is 768. The van der Waals surface area contributed by atoms with E-state index in [9.17, 15) is 0 Å². The van der Waals surface area contributed by atoms with E-state index in [-0.39, 0.29) is 6.10 Å². The number of allylic oxidation sites excluding steroid dienone is 2. The Hall–Kier alpha value is -1.92. The average Bonchev–Trinajstić information content (AvgIpc) is 2.75. The summed E-state index contributed by atoms with van der Waals surface area (Å²) in [6.45, 7) is 6.92. The van der Waals surface area contributed by atoms with Crippen LogP contribution in [-0.2, 0) is 4.74 Å². The van der Waals surface area contributed by atoms with E-state index < -0.39 is 0 Å². The number of ether oxygens (including phenoxy) is 1. The largest absolute Gasteiger partial charge is 0.378 e. The van der Waals surface area contributed by atoms with E-state index in [1.807, 2.05) is 26.3 Å². The molecular weight excluding hydrogens is 362 g/mol. The molecule has 2 unspecified atom stereocenters. The minimum atomic E-state index is 0.187. The van der Waals surface area contributed by atoms with Crippen molar-refractivity contribution in [2.75, 3.05) is 26.7 Å². The number of piperidine rings is 1. The summed E-state index contributed by atoms with van der Waals surface area (Å²) in [5.74, 6) is 1.93. The molecule has 4 rings (SSSR count). The highest BCUT2D eigenvalue weighted by Gasteiger charge is 2.33. The zero-order valence-corrected chi connectivity index (χ0v) is 18.1. The molecule has 29 heavy (non-hydrogen) atoms. The van der Waals surface area contributed by atoms with E-state index in [2.05, 4.69) is 38.5 Å². The summed E-state index contributed by atoms with van der Waals surface area (Å²) < 4.78 is 5.95. The van der Waals surface area contributed by atoms with Gasteiger partial charge in [-0.15, -0.1) is 0 Å². The number of nitrogens with zero attached hydrogens (tertiary/aromatic N) is 3. The van der Waals surface area contributed by atoms with Crippen LogP contribution in [0.5, 0.6) is 0 Å². The van der Waals surface area contributed by atoms with Crippen LogP contribution < -0.4 is 10.6 Å². The van der Waals surface area contributed by atoms with Crippen molar-refractivity contribution >= 4 is 5.57 Å². The van der Waals surface area contributed by atoms with Crippen LogP contribution in [0, 0.1) is 6.92 Å². The van der Waals surface area contributed by atoms with Crippen molar-refractivity contribution in [3.8, 4) is 0 Å². The van der Waals surface area contributed by atoms with Crippen LogP contribution in [0.2, 0.25) is 0 Å². The Kier molecular flexibility index (Phi) is 6.50. The molecule has 2 N–H and O–H groups in total. The summed E-state index contributed by atoms with van der Waals surface area (Å²) >= 11 is 0. The monoisotopic (exact) mass is 397 g/mol. The number of hydrogen-bond acceptors (Lipinski definition) is 6. The maximum atomic E-state index is 5.95. The molecule has 0 amide bonds. The lowest BCUT2D eigenvalue weighted by Gasteiger charge is -2.43. The fourth-order valence-corrected chi connectivity index (χ4v) is 4.84. The van der Waals surface area contributed by atoms with Gasteiger partial charge >= 0.3 is 0 Å². The number of aromatic nitrogens is 2. The lowest BCUT2D eigenvalue weighted by molar-refractivity contribution is 0.00969. The van der Waals surface area contributed by atoms with E-state index in [1.54, 1.807) is 0 Å². The molecule has 0 spiro atoms. The molecule has 3 aliphatic rings.